The summed E-state index contributed by atoms with van der Waals surface area (Å²) in [4.78, 5) is 40.1. The molecule has 2 aromatic carbocycles. The van der Waals surface area contributed by atoms with E-state index < -0.39 is 35.5 Å². The number of imide groups is 1. The van der Waals surface area contributed by atoms with Gasteiger partial charge in [-0.1, -0.05) is 41.9 Å². The number of carbonyl (C=O) groups excluding carboxylic acids is 3. The van der Waals surface area contributed by atoms with Gasteiger partial charge in [0.15, 0.2) is 5.76 Å². The number of nitrogens with one attached hydrogen (secondary N) is 1. The molecule has 0 fully saturated rings. The first-order valence-corrected chi connectivity index (χ1v) is 12.6. The van der Waals surface area contributed by atoms with E-state index in [9.17, 15) is 27.6 Å². The van der Waals surface area contributed by atoms with E-state index in [4.69, 9.17) is 27.6 Å². The molecule has 0 spiro atoms. The number of carbonyl (C=O) groups is 3. The highest BCUT2D eigenvalue weighted by molar-refractivity contribution is 6.35. The van der Waals surface area contributed by atoms with Crippen LogP contribution in [0.2, 0.25) is 10.2 Å². The van der Waals surface area contributed by atoms with Crippen LogP contribution in [0, 0.1) is 0 Å². The van der Waals surface area contributed by atoms with E-state index in [2.05, 4.69) is 10.4 Å². The zero-order valence-corrected chi connectivity index (χ0v) is 22.1. The van der Waals surface area contributed by atoms with Crippen LogP contribution < -0.4 is 5.32 Å². The van der Waals surface area contributed by atoms with Gasteiger partial charge in [-0.15, -0.1) is 0 Å². The summed E-state index contributed by atoms with van der Waals surface area (Å²) in [6.45, 7) is -0.390. The number of rotatable bonds is 7. The SMILES string of the molecule is Cn1ncc(Cl)c1-c1cc(C(=O)NC(Cc2ccccc2C(F)(F)F)CN2C(=O)c3ccccc3C2=O)oc1Cl. The van der Waals surface area contributed by atoms with Crippen molar-refractivity contribution < 1.29 is 32.0 Å². The lowest BCUT2D eigenvalue weighted by Gasteiger charge is -2.25. The van der Waals surface area contributed by atoms with E-state index in [-0.39, 0.29) is 51.2 Å². The maximum atomic E-state index is 13.7. The average Bonchev–Trinajstić information content (AvgIpc) is 3.53. The highest BCUT2D eigenvalue weighted by atomic mass is 35.5. The zero-order valence-electron chi connectivity index (χ0n) is 20.6. The number of fused-ring (bicyclic) bond motifs is 1. The van der Waals surface area contributed by atoms with Crippen LogP contribution in [-0.4, -0.2) is 45.0 Å². The van der Waals surface area contributed by atoms with Crippen molar-refractivity contribution in [2.75, 3.05) is 6.54 Å². The van der Waals surface area contributed by atoms with Gasteiger partial charge in [-0.05, 0) is 41.8 Å². The van der Waals surface area contributed by atoms with Crippen molar-refractivity contribution >= 4 is 40.9 Å². The first kappa shape index (κ1) is 27.5. The van der Waals surface area contributed by atoms with Gasteiger partial charge in [-0.2, -0.15) is 18.3 Å². The minimum Gasteiger partial charge on any atom is -0.439 e. The fourth-order valence-corrected chi connectivity index (χ4v) is 5.13. The second-order valence-corrected chi connectivity index (χ2v) is 9.81. The molecular weight excluding hydrogens is 572 g/mol. The summed E-state index contributed by atoms with van der Waals surface area (Å²) in [5.41, 5.74) is -0.0256. The Morgan fingerprint density at radius 2 is 1.65 bits per heavy atom. The topological polar surface area (TPSA) is 97.4 Å². The van der Waals surface area contributed by atoms with Gasteiger partial charge in [0.1, 0.15) is 0 Å². The second kappa shape index (κ2) is 10.5. The molecule has 4 aromatic rings. The summed E-state index contributed by atoms with van der Waals surface area (Å²) in [7, 11) is 1.61. The molecule has 3 amide bonds. The molecule has 1 unspecified atom stereocenters. The van der Waals surface area contributed by atoms with Crippen molar-refractivity contribution in [2.24, 2.45) is 7.05 Å². The number of benzene rings is 2. The van der Waals surface area contributed by atoms with E-state index in [1.165, 1.54) is 47.3 Å². The highest BCUT2D eigenvalue weighted by Crippen LogP contribution is 2.36. The molecule has 5 rings (SSSR count). The molecule has 3 heterocycles. The average molecular weight is 591 g/mol. The van der Waals surface area contributed by atoms with E-state index in [0.29, 0.717) is 5.69 Å². The molecule has 0 radical (unpaired) electrons. The lowest BCUT2D eigenvalue weighted by Crippen LogP contribution is -2.47. The molecule has 2 aromatic heterocycles. The predicted octanol–water partition coefficient (Wildman–Crippen LogP) is 5.64. The third kappa shape index (κ3) is 5.09. The molecule has 8 nitrogen and oxygen atoms in total. The highest BCUT2D eigenvalue weighted by Gasteiger charge is 2.38. The van der Waals surface area contributed by atoms with E-state index in [1.807, 2.05) is 0 Å². The second-order valence-electron chi connectivity index (χ2n) is 9.06. The number of halogens is 5. The van der Waals surface area contributed by atoms with Crippen molar-refractivity contribution in [1.82, 2.24) is 20.0 Å². The third-order valence-electron chi connectivity index (χ3n) is 6.47. The number of amides is 3. The Kier molecular flexibility index (Phi) is 7.19. The largest absolute Gasteiger partial charge is 0.439 e. The lowest BCUT2D eigenvalue weighted by atomic mass is 9.99. The van der Waals surface area contributed by atoms with Crippen molar-refractivity contribution in [3.8, 4) is 11.3 Å². The molecule has 206 valence electrons. The van der Waals surface area contributed by atoms with Gasteiger partial charge >= 0.3 is 6.18 Å². The minimum atomic E-state index is -4.66. The predicted molar refractivity (Wildman–Crippen MR) is 139 cm³/mol. The monoisotopic (exact) mass is 590 g/mol. The van der Waals surface area contributed by atoms with Crippen LogP contribution in [0.5, 0.6) is 0 Å². The molecule has 1 N–H and O–H groups in total. The fourth-order valence-electron chi connectivity index (χ4n) is 4.64. The van der Waals surface area contributed by atoms with Crippen LogP contribution in [0.3, 0.4) is 0 Å². The summed E-state index contributed by atoms with van der Waals surface area (Å²) in [6, 6.07) is 11.2. The standard InChI is InChI=1S/C27H19Cl2F3N4O4/c1-35-22(20(28)12-33-35)18-11-21(40-23(18)29)24(37)34-15(10-14-6-2-5-9-19(14)27(30,31)32)13-36-25(38)16-7-3-4-8-17(16)26(36)39/h2-9,11-12,15H,10,13H2,1H3,(H,34,37). The molecule has 40 heavy (non-hydrogen) atoms. The summed E-state index contributed by atoms with van der Waals surface area (Å²) in [5, 5.41) is 6.73. The van der Waals surface area contributed by atoms with Crippen LogP contribution >= 0.6 is 23.2 Å². The maximum absolute atomic E-state index is 13.7. The van der Waals surface area contributed by atoms with E-state index in [0.717, 1.165) is 11.0 Å². The molecule has 13 heteroatoms. The van der Waals surface area contributed by atoms with Crippen molar-refractivity contribution in [3.05, 3.63) is 99.1 Å². The van der Waals surface area contributed by atoms with Crippen molar-refractivity contribution in [1.29, 1.82) is 0 Å². The Morgan fingerprint density at radius 3 is 2.25 bits per heavy atom. The summed E-state index contributed by atoms with van der Waals surface area (Å²) in [6.07, 6.45) is -3.62. The number of aryl methyl sites for hydroxylation is 1. The first-order chi connectivity index (χ1) is 19.0. The number of nitrogens with zero attached hydrogens (tertiary/aromatic N) is 3. The van der Waals surface area contributed by atoms with Gasteiger partial charge in [0.2, 0.25) is 5.22 Å². The summed E-state index contributed by atoms with van der Waals surface area (Å²) < 4.78 is 48.0. The van der Waals surface area contributed by atoms with Gasteiger partial charge in [0.05, 0.1) is 45.2 Å². The Balaban J connectivity index is 1.46. The van der Waals surface area contributed by atoms with E-state index >= 15 is 0 Å². The third-order valence-corrected chi connectivity index (χ3v) is 7.02. The number of alkyl halides is 3. The maximum Gasteiger partial charge on any atom is 0.416 e. The van der Waals surface area contributed by atoms with Crippen LogP contribution in [0.25, 0.3) is 11.3 Å². The smallest absolute Gasteiger partial charge is 0.416 e. The van der Waals surface area contributed by atoms with Crippen LogP contribution in [0.4, 0.5) is 13.2 Å². The van der Waals surface area contributed by atoms with Crippen LogP contribution in [0.15, 0.2) is 65.2 Å². The number of aromatic nitrogens is 2. The lowest BCUT2D eigenvalue weighted by molar-refractivity contribution is -0.138. The number of furan rings is 1. The summed E-state index contributed by atoms with van der Waals surface area (Å²) in [5.74, 6) is -2.30. The molecule has 1 atom stereocenters. The molecule has 0 bridgehead atoms. The summed E-state index contributed by atoms with van der Waals surface area (Å²) >= 11 is 12.4. The van der Waals surface area contributed by atoms with E-state index in [1.54, 1.807) is 19.2 Å². The number of hydrogen-bond acceptors (Lipinski definition) is 5. The van der Waals surface area contributed by atoms with Crippen LogP contribution in [0.1, 0.15) is 42.4 Å². The van der Waals surface area contributed by atoms with Crippen LogP contribution in [-0.2, 0) is 19.6 Å². The van der Waals surface area contributed by atoms with Gasteiger partial charge in [-0.25, -0.2) is 0 Å². The van der Waals surface area contributed by atoms with Crippen molar-refractivity contribution in [2.45, 2.75) is 18.6 Å². The van der Waals surface area contributed by atoms with Gasteiger partial charge < -0.3 is 9.73 Å². The normalized spacial score (nSPS) is 14.0. The molecular formula is C27H19Cl2F3N4O4. The molecule has 1 aliphatic heterocycles. The number of hydrogen-bond donors (Lipinski definition) is 1. The van der Waals surface area contributed by atoms with Crippen molar-refractivity contribution in [3.63, 3.8) is 0 Å². The molecule has 0 saturated carbocycles. The Morgan fingerprint density at radius 1 is 1.02 bits per heavy atom. The Hall–Kier alpha value is -4.09. The molecule has 0 saturated heterocycles. The molecule has 0 aliphatic carbocycles. The first-order valence-electron chi connectivity index (χ1n) is 11.8. The van der Waals surface area contributed by atoms with Gasteiger partial charge in [0, 0.05) is 19.7 Å². The zero-order chi connectivity index (χ0) is 28.8. The Labute approximate surface area is 235 Å². The van der Waals surface area contributed by atoms with Gasteiger partial charge in [-0.3, -0.25) is 24.0 Å². The minimum absolute atomic E-state index is 0.128. The Bertz CT molecular complexity index is 1590. The molecule has 1 aliphatic rings. The fraction of sp³-hybridized carbons (Fsp3) is 0.185. The quantitative estimate of drug-likeness (QED) is 0.281. The van der Waals surface area contributed by atoms with Gasteiger partial charge in [0.25, 0.3) is 17.7 Å².